The lowest BCUT2D eigenvalue weighted by atomic mass is 9.85. The molecule has 4 aromatic rings. The minimum atomic E-state index is -0.945. The fourth-order valence-electron chi connectivity index (χ4n) is 10.6. The number of piperidine rings is 1. The highest BCUT2D eigenvalue weighted by Gasteiger charge is 2.44. The standard InChI is InChI=1S/C59H83N11O13S/c1-40-52(84-39-62-40)43-8-5-41(6-9-43)35-61-56(76)49-34-45(71)37-70(49)57(77)53(59(2,3)4)65-50(72)13-23-78-27-29-81-31-32-82-30-28-79-24-14-51(73)68-19-17-66(18-20-68)36-42-7-10-46(48(33-42)67-15-11-44(12-16-67)54(60)74)63-55(75)47-38-83-58(64-47)69-21-25-80-26-22-69/h5-10,33,38-39,44-45,49,53,71H,11-32,34-37H2,1-4H3,(H2,60,74)(H,61,76)(H,63,75)(H,65,72)/t45-,49+,53-/m1/s1. The molecule has 2 aromatic carbocycles. The number of carbonyl (C=O) groups is 6. The molecule has 25 heteroatoms. The Balaban J connectivity index is 0.655. The number of aryl methyl sites for hydroxylation is 1. The second-order valence-electron chi connectivity index (χ2n) is 22.6. The Morgan fingerprint density at radius 3 is 2.08 bits per heavy atom. The van der Waals surface area contributed by atoms with E-state index in [1.54, 1.807) is 11.3 Å². The second kappa shape index (κ2) is 31.0. The van der Waals surface area contributed by atoms with Crippen LogP contribution in [0.25, 0.3) is 10.4 Å². The van der Waals surface area contributed by atoms with Gasteiger partial charge in [-0.25, -0.2) is 4.98 Å². The van der Waals surface area contributed by atoms with E-state index in [9.17, 15) is 33.9 Å². The highest BCUT2D eigenvalue weighted by Crippen LogP contribution is 2.33. The van der Waals surface area contributed by atoms with Crippen LogP contribution in [0.2, 0.25) is 0 Å². The molecule has 84 heavy (non-hydrogen) atoms. The summed E-state index contributed by atoms with van der Waals surface area (Å²) in [5, 5.41) is 19.4. The first kappa shape index (κ1) is 63.4. The average Bonchev–Trinajstić information content (AvgIpc) is 4.34. The highest BCUT2D eigenvalue weighted by atomic mass is 32.1. The Morgan fingerprint density at radius 2 is 1.45 bits per heavy atom. The number of hydrogen-bond acceptors (Lipinski definition) is 19. The Labute approximate surface area is 495 Å². The van der Waals surface area contributed by atoms with Crippen molar-refractivity contribution in [3.05, 3.63) is 76.8 Å². The van der Waals surface area contributed by atoms with Crippen molar-refractivity contribution >= 4 is 64.2 Å². The van der Waals surface area contributed by atoms with Crippen LogP contribution in [0.5, 0.6) is 0 Å². The summed E-state index contributed by atoms with van der Waals surface area (Å²) in [5.74, 6) is -2.01. The van der Waals surface area contributed by atoms with Crippen LogP contribution < -0.4 is 31.5 Å². The molecule has 6 amide bonds. The molecule has 0 aliphatic carbocycles. The summed E-state index contributed by atoms with van der Waals surface area (Å²) in [7, 11) is 0. The van der Waals surface area contributed by atoms with E-state index in [0.717, 1.165) is 32.9 Å². The number of carbonyl (C=O) groups excluding carboxylic acids is 6. The van der Waals surface area contributed by atoms with Crippen LogP contribution in [0, 0.1) is 18.3 Å². The number of amides is 6. The Hall–Kier alpha value is -6.58. The van der Waals surface area contributed by atoms with Gasteiger partial charge in [-0.05, 0) is 54.0 Å². The number of oxazole rings is 1. The minimum absolute atomic E-state index is 0.00927. The molecule has 24 nitrogen and oxygen atoms in total. The van der Waals surface area contributed by atoms with E-state index in [-0.39, 0.29) is 99.9 Å². The maximum absolute atomic E-state index is 14.0. The van der Waals surface area contributed by atoms with E-state index in [2.05, 4.69) is 41.8 Å². The lowest BCUT2D eigenvalue weighted by Crippen LogP contribution is -2.57. The molecule has 0 saturated carbocycles. The van der Waals surface area contributed by atoms with Crippen LogP contribution >= 0.6 is 11.3 Å². The number of likely N-dealkylation sites (tertiary alicyclic amines) is 1. The third-order valence-corrected chi connectivity index (χ3v) is 16.4. The molecule has 8 rings (SSSR count). The molecule has 6 heterocycles. The molecule has 458 valence electrons. The van der Waals surface area contributed by atoms with Crippen LogP contribution in [-0.2, 0) is 60.7 Å². The SMILES string of the molecule is Cc1ncsc1-c1ccc(CNC(=O)[C@@H]2C[C@@H](O)CN2C(=O)[C@@H](NC(=O)CCOCCOCCOCCOCCC(=O)N2CCN(Cc3ccc(NC(=O)c4coc(N5CCOCC5)n4)c(N4CCC(C(N)=O)CC4)c3)CC2)C(C)(C)C)cc1. The summed E-state index contributed by atoms with van der Waals surface area (Å²) in [5.41, 5.74) is 12.4. The van der Waals surface area contributed by atoms with Crippen molar-refractivity contribution in [1.82, 2.24) is 35.3 Å². The molecule has 0 bridgehead atoms. The topological polar surface area (TPSA) is 286 Å². The number of primary amides is 1. The van der Waals surface area contributed by atoms with E-state index < -0.39 is 29.5 Å². The number of aliphatic hydroxyl groups is 1. The smallest absolute Gasteiger partial charge is 0.298 e. The first-order valence-electron chi connectivity index (χ1n) is 29.1. The number of ether oxygens (including phenoxy) is 5. The highest BCUT2D eigenvalue weighted by molar-refractivity contribution is 7.13. The van der Waals surface area contributed by atoms with E-state index in [1.165, 1.54) is 11.2 Å². The largest absolute Gasteiger partial charge is 0.431 e. The third kappa shape index (κ3) is 18.2. The van der Waals surface area contributed by atoms with Gasteiger partial charge in [-0.2, -0.15) is 4.98 Å². The van der Waals surface area contributed by atoms with Crippen LogP contribution in [-0.4, -0.2) is 208 Å². The van der Waals surface area contributed by atoms with Crippen molar-refractivity contribution in [2.24, 2.45) is 17.1 Å². The second-order valence-corrected chi connectivity index (χ2v) is 23.5. The predicted octanol–water partition coefficient (Wildman–Crippen LogP) is 3.20. The molecule has 3 atom stereocenters. The van der Waals surface area contributed by atoms with Crippen molar-refractivity contribution in [2.45, 2.75) is 91.1 Å². The summed E-state index contributed by atoms with van der Waals surface area (Å²) in [6, 6.07) is 12.4. The molecule has 0 radical (unpaired) electrons. The van der Waals surface area contributed by atoms with Crippen molar-refractivity contribution in [2.75, 3.05) is 140 Å². The monoisotopic (exact) mass is 1190 g/mol. The number of nitrogens with two attached hydrogens (primary N) is 1. The number of β-amino-alcohol motifs (C(OH)–C–C–N with tert-alkyl or cyclic N) is 1. The fourth-order valence-corrected chi connectivity index (χ4v) is 11.4. The van der Waals surface area contributed by atoms with Gasteiger partial charge in [0.05, 0.1) is 106 Å². The number of anilines is 3. The Bertz CT molecular complexity index is 2800. The molecule has 4 fully saturated rings. The summed E-state index contributed by atoms with van der Waals surface area (Å²) >= 11 is 1.57. The maximum atomic E-state index is 14.0. The van der Waals surface area contributed by atoms with Gasteiger partial charge in [-0.3, -0.25) is 33.7 Å². The lowest BCUT2D eigenvalue weighted by Gasteiger charge is -2.36. The summed E-state index contributed by atoms with van der Waals surface area (Å²) in [4.78, 5) is 98.6. The molecular formula is C59H83N11O13S. The number of hydrogen-bond donors (Lipinski definition) is 5. The zero-order valence-electron chi connectivity index (χ0n) is 48.9. The molecular weight excluding hydrogens is 1100 g/mol. The number of thiazole rings is 1. The number of piperazine rings is 1. The van der Waals surface area contributed by atoms with Crippen molar-refractivity contribution in [3.8, 4) is 10.4 Å². The van der Waals surface area contributed by atoms with E-state index >= 15 is 0 Å². The van der Waals surface area contributed by atoms with Gasteiger partial charge in [0.15, 0.2) is 5.69 Å². The summed E-state index contributed by atoms with van der Waals surface area (Å²) < 4.78 is 33.6. The van der Waals surface area contributed by atoms with Gasteiger partial charge in [0.25, 0.3) is 11.9 Å². The third-order valence-electron chi connectivity index (χ3n) is 15.4. The molecule has 2 aromatic heterocycles. The number of aromatic nitrogens is 2. The van der Waals surface area contributed by atoms with Gasteiger partial charge in [0, 0.05) is 90.8 Å². The molecule has 4 saturated heterocycles. The molecule has 4 aliphatic heterocycles. The van der Waals surface area contributed by atoms with Crippen LogP contribution in [0.4, 0.5) is 17.4 Å². The van der Waals surface area contributed by atoms with E-state index in [0.29, 0.717) is 123 Å². The molecule has 6 N–H and O–H groups in total. The fraction of sp³-hybridized carbons (Fsp3) is 0.593. The molecule has 0 unspecified atom stereocenters. The van der Waals surface area contributed by atoms with E-state index in [4.69, 9.17) is 33.8 Å². The number of nitrogens with zero attached hydrogens (tertiary/aromatic N) is 7. The van der Waals surface area contributed by atoms with Crippen LogP contribution in [0.15, 0.2) is 58.7 Å². The van der Waals surface area contributed by atoms with Crippen molar-refractivity contribution in [3.63, 3.8) is 0 Å². The zero-order valence-corrected chi connectivity index (χ0v) is 49.7. The lowest BCUT2D eigenvalue weighted by molar-refractivity contribution is -0.144. The quantitative estimate of drug-likeness (QED) is 0.0511. The van der Waals surface area contributed by atoms with Gasteiger partial charge in [0.1, 0.15) is 18.3 Å². The van der Waals surface area contributed by atoms with E-state index in [1.807, 2.05) is 79.4 Å². The van der Waals surface area contributed by atoms with Gasteiger partial charge in [-0.1, -0.05) is 51.1 Å². The number of benzene rings is 2. The van der Waals surface area contributed by atoms with Crippen molar-refractivity contribution in [1.29, 1.82) is 0 Å². The zero-order chi connectivity index (χ0) is 59.6. The Kier molecular flexibility index (Phi) is 23.4. The predicted molar refractivity (Wildman–Crippen MR) is 314 cm³/mol. The molecule has 4 aliphatic rings. The van der Waals surface area contributed by atoms with Gasteiger partial charge >= 0.3 is 0 Å². The Morgan fingerprint density at radius 1 is 0.810 bits per heavy atom. The number of aliphatic hydroxyl groups excluding tert-OH is 1. The van der Waals surface area contributed by atoms with Crippen molar-refractivity contribution < 1.29 is 62.0 Å². The number of morpholine rings is 1. The van der Waals surface area contributed by atoms with Gasteiger partial charge < -0.3 is 74.5 Å². The molecule has 0 spiro atoms. The summed E-state index contributed by atoms with van der Waals surface area (Å²) in [6.45, 7) is 16.9. The van der Waals surface area contributed by atoms with Gasteiger partial charge in [0.2, 0.25) is 29.5 Å². The first-order chi connectivity index (χ1) is 40.5. The minimum Gasteiger partial charge on any atom is -0.431 e. The maximum Gasteiger partial charge on any atom is 0.298 e. The normalized spacial score (nSPS) is 18.4. The van der Waals surface area contributed by atoms with Crippen LogP contribution in [0.1, 0.15) is 80.2 Å². The number of rotatable bonds is 28. The van der Waals surface area contributed by atoms with Crippen LogP contribution in [0.3, 0.4) is 0 Å². The first-order valence-corrected chi connectivity index (χ1v) is 30.0. The van der Waals surface area contributed by atoms with Gasteiger partial charge in [-0.15, -0.1) is 11.3 Å². The number of nitrogens with one attached hydrogen (secondary N) is 3. The average molecular weight is 1190 g/mol. The summed E-state index contributed by atoms with van der Waals surface area (Å²) in [6.07, 6.45) is 2.11.